The van der Waals surface area contributed by atoms with E-state index >= 15 is 0 Å². The minimum atomic E-state index is -0.119. The van der Waals surface area contributed by atoms with Crippen LogP contribution in [-0.2, 0) is 4.79 Å². The molecule has 0 spiro atoms. The van der Waals surface area contributed by atoms with Crippen LogP contribution in [-0.4, -0.2) is 32.5 Å². The molecule has 1 aromatic heterocycles. The zero-order valence-electron chi connectivity index (χ0n) is 12.3. The first-order chi connectivity index (χ1) is 10.6. The predicted molar refractivity (Wildman–Crippen MR) is 87.6 cm³/mol. The summed E-state index contributed by atoms with van der Waals surface area (Å²) in [5, 5.41) is 12.4. The Morgan fingerprint density at radius 3 is 3.09 bits per heavy atom. The van der Waals surface area contributed by atoms with Crippen LogP contribution < -0.4 is 5.32 Å². The standard InChI is InChI=1S/C15H17ClN4OS/c1-10-5-6-11(8-12(10)16)20-9-18-19-15(20)22-13-4-2-3-7-17-14(13)21/h5-6,8-9,13H,2-4,7H2,1H3,(H,17,21)/t13-/m0/s1. The van der Waals surface area contributed by atoms with Crippen LogP contribution in [0.4, 0.5) is 0 Å². The van der Waals surface area contributed by atoms with Crippen LogP contribution in [0.3, 0.4) is 0 Å². The van der Waals surface area contributed by atoms with E-state index in [1.807, 2.05) is 29.7 Å². The van der Waals surface area contributed by atoms with Gasteiger partial charge >= 0.3 is 0 Å². The van der Waals surface area contributed by atoms with Crippen molar-refractivity contribution in [2.45, 2.75) is 36.6 Å². The van der Waals surface area contributed by atoms with Crippen LogP contribution in [0.1, 0.15) is 24.8 Å². The minimum absolute atomic E-state index is 0.0824. The topological polar surface area (TPSA) is 59.8 Å². The quantitative estimate of drug-likeness (QED) is 0.936. The van der Waals surface area contributed by atoms with Crippen molar-refractivity contribution in [1.82, 2.24) is 20.1 Å². The lowest BCUT2D eigenvalue weighted by atomic mass is 10.2. The lowest BCUT2D eigenvalue weighted by Gasteiger charge is -2.13. The highest BCUT2D eigenvalue weighted by molar-refractivity contribution is 8.00. The molecular weight excluding hydrogens is 320 g/mol. The molecule has 2 heterocycles. The second-order valence-electron chi connectivity index (χ2n) is 5.31. The summed E-state index contributed by atoms with van der Waals surface area (Å²) in [5.41, 5.74) is 1.92. The van der Waals surface area contributed by atoms with E-state index in [0.717, 1.165) is 37.1 Å². The number of benzene rings is 1. The van der Waals surface area contributed by atoms with E-state index in [1.165, 1.54) is 11.8 Å². The smallest absolute Gasteiger partial charge is 0.233 e. The summed E-state index contributed by atoms with van der Waals surface area (Å²) < 4.78 is 1.87. The molecular formula is C15H17ClN4OS. The molecule has 1 aliphatic rings. The number of nitrogens with zero attached hydrogens (tertiary/aromatic N) is 3. The fourth-order valence-electron chi connectivity index (χ4n) is 2.36. The largest absolute Gasteiger partial charge is 0.355 e. The highest BCUT2D eigenvalue weighted by Crippen LogP contribution is 2.29. The van der Waals surface area contributed by atoms with Gasteiger partial charge in [0.25, 0.3) is 0 Å². The van der Waals surface area contributed by atoms with E-state index in [0.29, 0.717) is 10.2 Å². The van der Waals surface area contributed by atoms with Gasteiger partial charge in [-0.15, -0.1) is 10.2 Å². The number of hydrogen-bond acceptors (Lipinski definition) is 4. The van der Waals surface area contributed by atoms with E-state index in [9.17, 15) is 4.79 Å². The number of carbonyl (C=O) groups is 1. The van der Waals surface area contributed by atoms with Crippen molar-refractivity contribution in [1.29, 1.82) is 0 Å². The Hall–Kier alpha value is -1.53. The molecule has 1 aliphatic heterocycles. The molecule has 7 heteroatoms. The van der Waals surface area contributed by atoms with Gasteiger partial charge in [-0.1, -0.05) is 35.9 Å². The first-order valence-electron chi connectivity index (χ1n) is 7.26. The van der Waals surface area contributed by atoms with Crippen molar-refractivity contribution < 1.29 is 4.79 Å². The summed E-state index contributed by atoms with van der Waals surface area (Å²) >= 11 is 7.65. The highest BCUT2D eigenvalue weighted by Gasteiger charge is 2.24. The summed E-state index contributed by atoms with van der Waals surface area (Å²) in [6, 6.07) is 5.82. The van der Waals surface area contributed by atoms with Crippen LogP contribution in [0.15, 0.2) is 29.7 Å². The molecule has 0 bridgehead atoms. The van der Waals surface area contributed by atoms with Gasteiger partial charge in [0, 0.05) is 11.6 Å². The number of amides is 1. The number of hydrogen-bond donors (Lipinski definition) is 1. The Morgan fingerprint density at radius 2 is 2.27 bits per heavy atom. The van der Waals surface area contributed by atoms with E-state index in [4.69, 9.17) is 11.6 Å². The third kappa shape index (κ3) is 3.28. The Labute approximate surface area is 138 Å². The molecule has 22 heavy (non-hydrogen) atoms. The molecule has 1 aromatic carbocycles. The predicted octanol–water partition coefficient (Wildman–Crippen LogP) is 2.99. The summed E-state index contributed by atoms with van der Waals surface area (Å²) in [6.07, 6.45) is 4.58. The maximum absolute atomic E-state index is 12.1. The van der Waals surface area contributed by atoms with Gasteiger partial charge in [-0.25, -0.2) is 0 Å². The Balaban J connectivity index is 1.85. The number of carbonyl (C=O) groups excluding carboxylic acids is 1. The molecule has 0 radical (unpaired) electrons. The minimum Gasteiger partial charge on any atom is -0.355 e. The van der Waals surface area contributed by atoms with E-state index in [1.54, 1.807) is 6.33 Å². The zero-order chi connectivity index (χ0) is 15.5. The second kappa shape index (κ2) is 6.71. The molecule has 1 saturated heterocycles. The molecule has 1 fully saturated rings. The molecule has 116 valence electrons. The van der Waals surface area contributed by atoms with Gasteiger partial charge in [-0.05, 0) is 37.5 Å². The number of rotatable bonds is 3. The zero-order valence-corrected chi connectivity index (χ0v) is 13.8. The third-order valence-corrected chi connectivity index (χ3v) is 5.31. The van der Waals surface area contributed by atoms with Crippen molar-refractivity contribution >= 4 is 29.3 Å². The van der Waals surface area contributed by atoms with Crippen LogP contribution in [0.5, 0.6) is 0 Å². The number of aryl methyl sites for hydroxylation is 1. The summed E-state index contributed by atoms with van der Waals surface area (Å²) in [5.74, 6) is 0.0824. The molecule has 0 aliphatic carbocycles. The summed E-state index contributed by atoms with van der Waals surface area (Å²) in [6.45, 7) is 2.72. The van der Waals surface area contributed by atoms with E-state index in [2.05, 4.69) is 15.5 Å². The first kappa shape index (κ1) is 15.4. The molecule has 1 N–H and O–H groups in total. The number of nitrogens with one attached hydrogen (secondary N) is 1. The van der Waals surface area contributed by atoms with Gasteiger partial charge in [0.2, 0.25) is 5.91 Å². The molecule has 0 unspecified atom stereocenters. The lowest BCUT2D eigenvalue weighted by Crippen LogP contribution is -2.30. The van der Waals surface area contributed by atoms with E-state index in [-0.39, 0.29) is 11.2 Å². The average molecular weight is 337 g/mol. The van der Waals surface area contributed by atoms with E-state index < -0.39 is 0 Å². The van der Waals surface area contributed by atoms with Gasteiger partial charge < -0.3 is 5.32 Å². The average Bonchev–Trinajstić information content (AvgIpc) is 2.87. The number of halogens is 1. The van der Waals surface area contributed by atoms with Gasteiger partial charge in [-0.2, -0.15) is 0 Å². The Kier molecular flexibility index (Phi) is 4.69. The van der Waals surface area contributed by atoms with Crippen LogP contribution in [0.2, 0.25) is 5.02 Å². The SMILES string of the molecule is Cc1ccc(-n2cnnc2S[C@H]2CCCCNC2=O)cc1Cl. The third-order valence-electron chi connectivity index (χ3n) is 3.68. The summed E-state index contributed by atoms with van der Waals surface area (Å²) in [4.78, 5) is 12.1. The fourth-order valence-corrected chi connectivity index (χ4v) is 3.63. The van der Waals surface area contributed by atoms with Gasteiger partial charge in [-0.3, -0.25) is 9.36 Å². The fraction of sp³-hybridized carbons (Fsp3) is 0.400. The number of aromatic nitrogens is 3. The molecule has 2 aromatic rings. The van der Waals surface area contributed by atoms with Crippen molar-refractivity contribution in [3.8, 4) is 5.69 Å². The van der Waals surface area contributed by atoms with Crippen molar-refractivity contribution in [3.63, 3.8) is 0 Å². The normalized spacial score (nSPS) is 18.8. The van der Waals surface area contributed by atoms with Gasteiger partial charge in [0.05, 0.1) is 10.9 Å². The van der Waals surface area contributed by atoms with Crippen LogP contribution >= 0.6 is 23.4 Å². The molecule has 5 nitrogen and oxygen atoms in total. The van der Waals surface area contributed by atoms with Crippen LogP contribution in [0, 0.1) is 6.92 Å². The second-order valence-corrected chi connectivity index (χ2v) is 6.89. The molecule has 1 atom stereocenters. The molecule has 0 saturated carbocycles. The lowest BCUT2D eigenvalue weighted by molar-refractivity contribution is -0.120. The Morgan fingerprint density at radius 1 is 1.41 bits per heavy atom. The van der Waals surface area contributed by atoms with Gasteiger partial charge in [0.15, 0.2) is 5.16 Å². The summed E-state index contributed by atoms with van der Waals surface area (Å²) in [7, 11) is 0. The van der Waals surface area contributed by atoms with Crippen molar-refractivity contribution in [3.05, 3.63) is 35.1 Å². The highest BCUT2D eigenvalue weighted by atomic mass is 35.5. The van der Waals surface area contributed by atoms with Crippen LogP contribution in [0.25, 0.3) is 5.69 Å². The maximum atomic E-state index is 12.1. The maximum Gasteiger partial charge on any atom is 0.233 e. The van der Waals surface area contributed by atoms with Crippen molar-refractivity contribution in [2.75, 3.05) is 6.54 Å². The monoisotopic (exact) mass is 336 g/mol. The Bertz CT molecular complexity index is 688. The number of thioether (sulfide) groups is 1. The van der Waals surface area contributed by atoms with Gasteiger partial charge in [0.1, 0.15) is 6.33 Å². The molecule has 3 rings (SSSR count). The molecule has 1 amide bonds. The van der Waals surface area contributed by atoms with Crippen molar-refractivity contribution in [2.24, 2.45) is 0 Å². The first-order valence-corrected chi connectivity index (χ1v) is 8.52.